The first kappa shape index (κ1) is 15.0. The number of hydrogen-bond acceptors (Lipinski definition) is 4. The van der Waals surface area contributed by atoms with Crippen LogP contribution in [0, 0.1) is 0 Å². The number of nitrogens with zero attached hydrogens (tertiary/aromatic N) is 1. The van der Waals surface area contributed by atoms with E-state index in [-0.39, 0.29) is 6.04 Å². The fourth-order valence-electron chi connectivity index (χ4n) is 2.20. The molecule has 3 rings (SSSR count). The highest BCUT2D eigenvalue weighted by atomic mass is 79.9. The van der Waals surface area contributed by atoms with E-state index in [2.05, 4.69) is 65.7 Å². The van der Waals surface area contributed by atoms with E-state index in [4.69, 9.17) is 5.73 Å². The molecule has 0 bridgehead atoms. The van der Waals surface area contributed by atoms with Crippen molar-refractivity contribution in [3.8, 4) is 0 Å². The van der Waals surface area contributed by atoms with Crippen molar-refractivity contribution in [2.24, 2.45) is 5.73 Å². The Morgan fingerprint density at radius 3 is 2.81 bits per heavy atom. The maximum Gasteiger partial charge on any atom is 0.0934 e. The molecule has 0 aliphatic heterocycles. The normalized spacial score (nSPS) is 12.5. The van der Waals surface area contributed by atoms with Crippen molar-refractivity contribution in [1.82, 2.24) is 4.98 Å². The summed E-state index contributed by atoms with van der Waals surface area (Å²) in [7, 11) is 0. The zero-order valence-corrected chi connectivity index (χ0v) is 15.0. The lowest BCUT2D eigenvalue weighted by molar-refractivity contribution is 0.806. The molecule has 2 aromatic heterocycles. The van der Waals surface area contributed by atoms with Gasteiger partial charge in [-0.25, -0.2) is 0 Å². The third-order valence-electron chi connectivity index (χ3n) is 3.17. The molecule has 3 N–H and O–H groups in total. The van der Waals surface area contributed by atoms with Crippen molar-refractivity contribution < 1.29 is 0 Å². The molecule has 6 heteroatoms. The van der Waals surface area contributed by atoms with Crippen LogP contribution in [-0.4, -0.2) is 11.5 Å². The minimum Gasteiger partial charge on any atom is -0.374 e. The SMILES string of the molecule is NCC(Nc1cccc2cc(Br)cnc12)c1cc(Br)cs1. The number of anilines is 1. The molecular weight excluding hydrogens is 414 g/mol. The molecule has 0 amide bonds. The highest BCUT2D eigenvalue weighted by Gasteiger charge is 2.13. The minimum atomic E-state index is 0.0809. The Kier molecular flexibility index (Phi) is 4.59. The number of pyridine rings is 1. The number of halogens is 2. The first-order valence-corrected chi connectivity index (χ1v) is 8.89. The lowest BCUT2D eigenvalue weighted by atomic mass is 10.1. The van der Waals surface area contributed by atoms with Crippen molar-refractivity contribution in [1.29, 1.82) is 0 Å². The van der Waals surface area contributed by atoms with Crippen molar-refractivity contribution in [3.63, 3.8) is 0 Å². The van der Waals surface area contributed by atoms with Crippen LogP contribution in [0.15, 0.2) is 50.9 Å². The molecule has 0 spiro atoms. The monoisotopic (exact) mass is 425 g/mol. The van der Waals surface area contributed by atoms with Crippen LogP contribution in [0.1, 0.15) is 10.9 Å². The third-order valence-corrected chi connectivity index (χ3v) is 5.42. The van der Waals surface area contributed by atoms with Gasteiger partial charge in [-0.1, -0.05) is 12.1 Å². The Hall–Kier alpha value is -0.950. The van der Waals surface area contributed by atoms with E-state index in [0.717, 1.165) is 25.5 Å². The average molecular weight is 427 g/mol. The summed E-state index contributed by atoms with van der Waals surface area (Å²) in [5.41, 5.74) is 7.88. The molecule has 1 aromatic carbocycles. The fourth-order valence-corrected chi connectivity index (χ4v) is 4.05. The highest BCUT2D eigenvalue weighted by molar-refractivity contribution is 9.10. The summed E-state index contributed by atoms with van der Waals surface area (Å²) in [5, 5.41) is 6.67. The third kappa shape index (κ3) is 3.29. The van der Waals surface area contributed by atoms with Crippen LogP contribution < -0.4 is 11.1 Å². The zero-order chi connectivity index (χ0) is 14.8. The predicted molar refractivity (Wildman–Crippen MR) is 96.9 cm³/mol. The van der Waals surface area contributed by atoms with Crippen LogP contribution in [0.4, 0.5) is 5.69 Å². The number of aromatic nitrogens is 1. The van der Waals surface area contributed by atoms with Gasteiger partial charge >= 0.3 is 0 Å². The number of thiophene rings is 1. The second-order valence-electron chi connectivity index (χ2n) is 4.63. The van der Waals surface area contributed by atoms with E-state index in [0.29, 0.717) is 6.54 Å². The van der Waals surface area contributed by atoms with Crippen molar-refractivity contribution in [3.05, 3.63) is 55.7 Å². The molecule has 0 aliphatic carbocycles. The van der Waals surface area contributed by atoms with Gasteiger partial charge in [-0.3, -0.25) is 4.98 Å². The van der Waals surface area contributed by atoms with Gasteiger partial charge in [-0.05, 0) is 50.1 Å². The predicted octanol–water partition coefficient (Wildman–Crippen LogP) is 4.93. The van der Waals surface area contributed by atoms with Crippen molar-refractivity contribution >= 4 is 59.8 Å². The summed E-state index contributed by atoms with van der Waals surface area (Å²) in [6.07, 6.45) is 1.81. The molecule has 0 saturated heterocycles. The zero-order valence-electron chi connectivity index (χ0n) is 11.0. The molecule has 2 heterocycles. The number of benzene rings is 1. The Bertz CT molecular complexity index is 772. The highest BCUT2D eigenvalue weighted by Crippen LogP contribution is 2.30. The van der Waals surface area contributed by atoms with Gasteiger partial charge < -0.3 is 11.1 Å². The fraction of sp³-hybridized carbons (Fsp3) is 0.133. The molecule has 0 saturated carbocycles. The van der Waals surface area contributed by atoms with Crippen molar-refractivity contribution in [2.45, 2.75) is 6.04 Å². The van der Waals surface area contributed by atoms with Gasteiger partial charge in [0.05, 0.1) is 17.2 Å². The van der Waals surface area contributed by atoms with Gasteiger partial charge in [0, 0.05) is 37.3 Å². The average Bonchev–Trinajstić information content (AvgIpc) is 2.90. The molecule has 1 atom stereocenters. The molecule has 0 radical (unpaired) electrons. The second-order valence-corrected chi connectivity index (χ2v) is 7.40. The standard InChI is InChI=1S/C15H13Br2N3S/c16-10-4-9-2-1-3-12(15(9)19-7-10)20-13(6-18)14-5-11(17)8-21-14/h1-5,7-8,13,20H,6,18H2. The summed E-state index contributed by atoms with van der Waals surface area (Å²) in [6, 6.07) is 10.4. The van der Waals surface area contributed by atoms with Gasteiger partial charge in [0.1, 0.15) is 0 Å². The maximum absolute atomic E-state index is 5.93. The number of nitrogens with one attached hydrogen (secondary N) is 1. The number of nitrogens with two attached hydrogens (primary N) is 1. The van der Waals surface area contributed by atoms with E-state index in [1.165, 1.54) is 4.88 Å². The number of para-hydroxylation sites is 1. The van der Waals surface area contributed by atoms with Gasteiger partial charge in [0.15, 0.2) is 0 Å². The number of fused-ring (bicyclic) bond motifs is 1. The smallest absolute Gasteiger partial charge is 0.0934 e. The second kappa shape index (κ2) is 6.44. The number of hydrogen-bond donors (Lipinski definition) is 2. The minimum absolute atomic E-state index is 0.0809. The first-order valence-electron chi connectivity index (χ1n) is 6.42. The van der Waals surface area contributed by atoms with Crippen LogP contribution in [0.3, 0.4) is 0 Å². The molecule has 0 fully saturated rings. The lowest BCUT2D eigenvalue weighted by Crippen LogP contribution is -2.19. The van der Waals surface area contributed by atoms with Crippen LogP contribution in [-0.2, 0) is 0 Å². The van der Waals surface area contributed by atoms with E-state index in [1.54, 1.807) is 11.3 Å². The molecule has 1 unspecified atom stereocenters. The summed E-state index contributed by atoms with van der Waals surface area (Å²) in [5.74, 6) is 0. The summed E-state index contributed by atoms with van der Waals surface area (Å²) in [4.78, 5) is 5.72. The first-order chi connectivity index (χ1) is 10.2. The molecule has 3 nitrogen and oxygen atoms in total. The summed E-state index contributed by atoms with van der Waals surface area (Å²) in [6.45, 7) is 0.528. The van der Waals surface area contributed by atoms with Crippen LogP contribution >= 0.6 is 43.2 Å². The molecular formula is C15H13Br2N3S. The van der Waals surface area contributed by atoms with Crippen molar-refractivity contribution in [2.75, 3.05) is 11.9 Å². The van der Waals surface area contributed by atoms with E-state index in [1.807, 2.05) is 18.3 Å². The molecule has 108 valence electrons. The Labute approximate surface area is 143 Å². The Morgan fingerprint density at radius 2 is 2.10 bits per heavy atom. The van der Waals surface area contributed by atoms with Crippen LogP contribution in [0.2, 0.25) is 0 Å². The lowest BCUT2D eigenvalue weighted by Gasteiger charge is -2.18. The molecule has 21 heavy (non-hydrogen) atoms. The maximum atomic E-state index is 5.93. The van der Waals surface area contributed by atoms with Gasteiger partial charge in [-0.15, -0.1) is 11.3 Å². The summed E-state index contributed by atoms with van der Waals surface area (Å²) < 4.78 is 2.06. The van der Waals surface area contributed by atoms with E-state index < -0.39 is 0 Å². The van der Waals surface area contributed by atoms with Gasteiger partial charge in [0.25, 0.3) is 0 Å². The van der Waals surface area contributed by atoms with E-state index >= 15 is 0 Å². The summed E-state index contributed by atoms with van der Waals surface area (Å²) >= 11 is 8.63. The molecule has 0 aliphatic rings. The van der Waals surface area contributed by atoms with Gasteiger partial charge in [0.2, 0.25) is 0 Å². The quantitative estimate of drug-likeness (QED) is 0.621. The molecule has 3 aromatic rings. The van der Waals surface area contributed by atoms with Crippen LogP contribution in [0.25, 0.3) is 10.9 Å². The Balaban J connectivity index is 1.96. The Morgan fingerprint density at radius 1 is 1.24 bits per heavy atom. The van der Waals surface area contributed by atoms with E-state index in [9.17, 15) is 0 Å². The van der Waals surface area contributed by atoms with Crippen LogP contribution in [0.5, 0.6) is 0 Å². The topological polar surface area (TPSA) is 50.9 Å². The number of rotatable bonds is 4. The van der Waals surface area contributed by atoms with Gasteiger partial charge in [-0.2, -0.15) is 0 Å². The largest absolute Gasteiger partial charge is 0.374 e.